The molecular formula is C10H18BrNO3. The number of rotatable bonds is 5. The fraction of sp³-hybridized carbons (Fsp3) is 0.800. The molecule has 4 nitrogen and oxygen atoms in total. The summed E-state index contributed by atoms with van der Waals surface area (Å²) in [4.78, 5) is 22.2. The van der Waals surface area contributed by atoms with Crippen LogP contribution in [0.25, 0.3) is 0 Å². The first kappa shape index (κ1) is 14.4. The average Bonchev–Trinajstić information content (AvgIpc) is 2.01. The van der Waals surface area contributed by atoms with Gasteiger partial charge in [-0.25, -0.2) is 0 Å². The number of carbonyl (C=O) groups excluding carboxylic acids is 2. The SMILES string of the molecule is CC(CC(C)C(N)=O)OC(=O)C(C)(C)Br. The van der Waals surface area contributed by atoms with Gasteiger partial charge in [-0.05, 0) is 27.2 Å². The maximum atomic E-state index is 11.4. The van der Waals surface area contributed by atoms with E-state index >= 15 is 0 Å². The zero-order valence-electron chi connectivity index (χ0n) is 9.54. The van der Waals surface area contributed by atoms with Gasteiger partial charge in [0.05, 0.1) is 6.10 Å². The summed E-state index contributed by atoms with van der Waals surface area (Å²) in [6.45, 7) is 6.88. The molecule has 0 saturated carbocycles. The number of hydrogen-bond acceptors (Lipinski definition) is 3. The minimum atomic E-state index is -0.697. The summed E-state index contributed by atoms with van der Waals surface area (Å²) in [7, 11) is 0. The Bertz CT molecular complexity index is 248. The fourth-order valence-corrected chi connectivity index (χ4v) is 1.08. The Kier molecular flexibility index (Phi) is 5.28. The molecule has 2 unspecified atom stereocenters. The van der Waals surface area contributed by atoms with Crippen molar-refractivity contribution in [1.82, 2.24) is 0 Å². The molecule has 0 fully saturated rings. The van der Waals surface area contributed by atoms with Gasteiger partial charge in [0, 0.05) is 5.92 Å². The highest BCUT2D eigenvalue weighted by atomic mass is 79.9. The molecule has 1 amide bonds. The second-order valence-electron chi connectivity index (χ2n) is 4.23. The minimum absolute atomic E-state index is 0.286. The summed E-state index contributed by atoms with van der Waals surface area (Å²) in [5.74, 6) is -1.01. The Morgan fingerprint density at radius 3 is 2.20 bits per heavy atom. The number of hydrogen-bond donors (Lipinski definition) is 1. The van der Waals surface area contributed by atoms with Crippen molar-refractivity contribution < 1.29 is 14.3 Å². The molecule has 0 aliphatic heterocycles. The van der Waals surface area contributed by atoms with Crippen LogP contribution in [-0.2, 0) is 14.3 Å². The highest BCUT2D eigenvalue weighted by Gasteiger charge is 2.27. The Balaban J connectivity index is 4.10. The van der Waals surface area contributed by atoms with E-state index in [0.717, 1.165) is 0 Å². The second-order valence-corrected chi connectivity index (χ2v) is 6.21. The molecule has 0 aromatic heterocycles. The van der Waals surface area contributed by atoms with Crippen molar-refractivity contribution in [2.24, 2.45) is 11.7 Å². The zero-order chi connectivity index (χ0) is 12.2. The van der Waals surface area contributed by atoms with Crippen LogP contribution >= 0.6 is 15.9 Å². The van der Waals surface area contributed by atoms with Crippen LogP contribution in [0.1, 0.15) is 34.1 Å². The lowest BCUT2D eigenvalue weighted by atomic mass is 10.0. The monoisotopic (exact) mass is 279 g/mol. The molecule has 0 heterocycles. The lowest BCUT2D eigenvalue weighted by Gasteiger charge is -2.20. The van der Waals surface area contributed by atoms with Gasteiger partial charge in [0.25, 0.3) is 0 Å². The number of amides is 1. The number of primary amides is 1. The van der Waals surface area contributed by atoms with E-state index < -0.39 is 4.32 Å². The van der Waals surface area contributed by atoms with Crippen LogP contribution < -0.4 is 5.73 Å². The Morgan fingerprint density at radius 2 is 1.87 bits per heavy atom. The lowest BCUT2D eigenvalue weighted by Crippen LogP contribution is -2.32. The van der Waals surface area contributed by atoms with Gasteiger partial charge in [-0.15, -0.1) is 0 Å². The maximum absolute atomic E-state index is 11.4. The third-order valence-corrected chi connectivity index (χ3v) is 2.29. The fourth-order valence-electron chi connectivity index (χ4n) is 0.985. The summed E-state index contributed by atoms with van der Waals surface area (Å²) in [5.41, 5.74) is 5.11. The van der Waals surface area contributed by atoms with Crippen molar-refractivity contribution >= 4 is 27.8 Å². The first-order valence-corrected chi connectivity index (χ1v) is 5.63. The predicted octanol–water partition coefficient (Wildman–Crippen LogP) is 1.60. The van der Waals surface area contributed by atoms with Crippen molar-refractivity contribution in [2.75, 3.05) is 0 Å². The van der Waals surface area contributed by atoms with E-state index in [1.165, 1.54) is 0 Å². The quantitative estimate of drug-likeness (QED) is 0.614. The molecule has 2 N–H and O–H groups in total. The summed E-state index contributed by atoms with van der Waals surface area (Å²) in [6, 6.07) is 0. The van der Waals surface area contributed by atoms with Gasteiger partial charge in [0.2, 0.25) is 5.91 Å². The Hall–Kier alpha value is -0.580. The second kappa shape index (κ2) is 5.49. The molecule has 0 aliphatic carbocycles. The van der Waals surface area contributed by atoms with E-state index in [2.05, 4.69) is 15.9 Å². The van der Waals surface area contributed by atoms with Crippen LogP contribution in [0.5, 0.6) is 0 Å². The third kappa shape index (κ3) is 5.77. The van der Waals surface area contributed by atoms with Crippen LogP contribution in [0, 0.1) is 5.92 Å². The number of carbonyl (C=O) groups is 2. The maximum Gasteiger partial charge on any atom is 0.322 e. The average molecular weight is 280 g/mol. The van der Waals surface area contributed by atoms with Gasteiger partial charge in [-0.1, -0.05) is 22.9 Å². The third-order valence-electron chi connectivity index (χ3n) is 1.96. The number of halogens is 1. The minimum Gasteiger partial charge on any atom is -0.462 e. The summed E-state index contributed by atoms with van der Waals surface area (Å²) in [6.07, 6.45) is 0.140. The molecule has 15 heavy (non-hydrogen) atoms. The van der Waals surface area contributed by atoms with E-state index in [1.807, 2.05) is 0 Å². The van der Waals surface area contributed by atoms with Crippen LogP contribution in [-0.4, -0.2) is 22.3 Å². The zero-order valence-corrected chi connectivity index (χ0v) is 11.1. The predicted molar refractivity (Wildman–Crippen MR) is 61.5 cm³/mol. The first-order chi connectivity index (χ1) is 6.64. The first-order valence-electron chi connectivity index (χ1n) is 4.84. The molecule has 0 rings (SSSR count). The van der Waals surface area contributed by atoms with Crippen molar-refractivity contribution in [3.05, 3.63) is 0 Å². The van der Waals surface area contributed by atoms with E-state index in [1.54, 1.807) is 27.7 Å². The highest BCUT2D eigenvalue weighted by Crippen LogP contribution is 2.20. The van der Waals surface area contributed by atoms with Crippen molar-refractivity contribution in [2.45, 2.75) is 44.5 Å². The van der Waals surface area contributed by atoms with Gasteiger partial charge in [0.1, 0.15) is 4.32 Å². The number of ether oxygens (including phenoxy) is 1. The van der Waals surface area contributed by atoms with E-state index in [9.17, 15) is 9.59 Å². The van der Waals surface area contributed by atoms with Crippen molar-refractivity contribution in [1.29, 1.82) is 0 Å². The normalized spacial score (nSPS) is 15.5. The van der Waals surface area contributed by atoms with E-state index in [4.69, 9.17) is 10.5 Å². The standard InChI is InChI=1S/C10H18BrNO3/c1-6(8(12)13)5-7(2)15-9(14)10(3,4)11/h6-7H,5H2,1-4H3,(H2,12,13). The Morgan fingerprint density at radius 1 is 1.40 bits per heavy atom. The number of alkyl halides is 1. The van der Waals surface area contributed by atoms with Gasteiger partial charge in [-0.2, -0.15) is 0 Å². The number of nitrogens with two attached hydrogens (primary N) is 1. The van der Waals surface area contributed by atoms with Crippen LogP contribution in [0.2, 0.25) is 0 Å². The Labute approximate surface area is 98.7 Å². The molecule has 0 saturated heterocycles. The van der Waals surface area contributed by atoms with Crippen LogP contribution in [0.3, 0.4) is 0 Å². The van der Waals surface area contributed by atoms with Crippen LogP contribution in [0.4, 0.5) is 0 Å². The molecule has 0 aliphatic rings. The van der Waals surface area contributed by atoms with Gasteiger partial charge in [-0.3, -0.25) is 9.59 Å². The molecule has 2 atom stereocenters. The summed E-state index contributed by atoms with van der Waals surface area (Å²) < 4.78 is 4.44. The van der Waals surface area contributed by atoms with Gasteiger partial charge >= 0.3 is 5.97 Å². The molecule has 0 spiro atoms. The van der Waals surface area contributed by atoms with Crippen molar-refractivity contribution in [3.8, 4) is 0 Å². The van der Waals surface area contributed by atoms with Crippen molar-refractivity contribution in [3.63, 3.8) is 0 Å². The molecule has 88 valence electrons. The highest BCUT2D eigenvalue weighted by molar-refractivity contribution is 9.10. The van der Waals surface area contributed by atoms with Crippen LogP contribution in [0.15, 0.2) is 0 Å². The summed E-state index contributed by atoms with van der Waals surface area (Å²) >= 11 is 3.20. The largest absolute Gasteiger partial charge is 0.462 e. The molecule has 0 aromatic carbocycles. The van der Waals surface area contributed by atoms with E-state index in [0.29, 0.717) is 6.42 Å². The smallest absolute Gasteiger partial charge is 0.322 e. The van der Waals surface area contributed by atoms with E-state index in [-0.39, 0.29) is 23.9 Å². The molecule has 0 aromatic rings. The van der Waals surface area contributed by atoms with Gasteiger partial charge in [0.15, 0.2) is 0 Å². The molecule has 0 bridgehead atoms. The molecule has 5 heteroatoms. The lowest BCUT2D eigenvalue weighted by molar-refractivity contribution is -0.151. The molecule has 0 radical (unpaired) electrons. The van der Waals surface area contributed by atoms with Gasteiger partial charge < -0.3 is 10.5 Å². The summed E-state index contributed by atoms with van der Waals surface area (Å²) in [5, 5.41) is 0. The number of esters is 1. The topological polar surface area (TPSA) is 69.4 Å². The molecular weight excluding hydrogens is 262 g/mol.